The second kappa shape index (κ2) is 9.62. The summed E-state index contributed by atoms with van der Waals surface area (Å²) in [5.74, 6) is 0.189. The maximum absolute atomic E-state index is 11.4. The van der Waals surface area contributed by atoms with E-state index in [0.717, 1.165) is 13.1 Å². The molecule has 3 nitrogen and oxygen atoms in total. The van der Waals surface area contributed by atoms with Crippen LogP contribution in [0.4, 0.5) is 0 Å². The molecule has 0 bridgehead atoms. The Labute approximate surface area is 97.2 Å². The highest BCUT2D eigenvalue weighted by Crippen LogP contribution is 2.03. The fourth-order valence-electron chi connectivity index (χ4n) is 0.901. The zero-order valence-electron chi connectivity index (χ0n) is 9.29. The second-order valence-corrected chi connectivity index (χ2v) is 4.53. The first-order valence-corrected chi connectivity index (χ1v) is 5.85. The molecule has 0 spiro atoms. The molecule has 0 aliphatic rings. The van der Waals surface area contributed by atoms with E-state index in [4.69, 9.17) is 0 Å². The summed E-state index contributed by atoms with van der Waals surface area (Å²) in [6.07, 6.45) is 2.05. The van der Waals surface area contributed by atoms with Crippen molar-refractivity contribution in [3.05, 3.63) is 0 Å². The van der Waals surface area contributed by atoms with E-state index in [9.17, 15) is 4.79 Å². The lowest BCUT2D eigenvalue weighted by Crippen LogP contribution is -2.37. The molecular weight excluding hydrogens is 220 g/mol. The SMILES string of the molecule is CNCC(C)C(=O)NCC(C)SC.Cl. The molecule has 0 rings (SSSR count). The summed E-state index contributed by atoms with van der Waals surface area (Å²) in [6, 6.07) is 0. The van der Waals surface area contributed by atoms with Crippen LogP contribution < -0.4 is 10.6 Å². The molecule has 0 saturated carbocycles. The quantitative estimate of drug-likeness (QED) is 0.732. The number of carbonyl (C=O) groups excluding carboxylic acids is 1. The van der Waals surface area contributed by atoms with E-state index in [-0.39, 0.29) is 24.2 Å². The van der Waals surface area contributed by atoms with E-state index in [1.807, 2.05) is 20.2 Å². The molecule has 86 valence electrons. The van der Waals surface area contributed by atoms with Crippen LogP contribution in [-0.4, -0.2) is 37.6 Å². The van der Waals surface area contributed by atoms with Gasteiger partial charge < -0.3 is 10.6 Å². The van der Waals surface area contributed by atoms with Gasteiger partial charge >= 0.3 is 0 Å². The van der Waals surface area contributed by atoms with Crippen LogP contribution in [0.3, 0.4) is 0 Å². The number of nitrogens with one attached hydrogen (secondary N) is 2. The average Bonchev–Trinajstić information content (AvgIpc) is 2.13. The molecular formula is C9H21ClN2OS. The number of amides is 1. The van der Waals surface area contributed by atoms with Crippen molar-refractivity contribution in [2.45, 2.75) is 19.1 Å². The summed E-state index contributed by atoms with van der Waals surface area (Å²) < 4.78 is 0. The molecule has 0 saturated heterocycles. The van der Waals surface area contributed by atoms with Gasteiger partial charge in [-0.1, -0.05) is 13.8 Å². The minimum Gasteiger partial charge on any atom is -0.355 e. The van der Waals surface area contributed by atoms with Crippen LogP contribution in [-0.2, 0) is 4.79 Å². The lowest BCUT2D eigenvalue weighted by molar-refractivity contribution is -0.124. The van der Waals surface area contributed by atoms with Crippen LogP contribution in [0, 0.1) is 5.92 Å². The molecule has 2 atom stereocenters. The molecule has 0 aromatic rings. The van der Waals surface area contributed by atoms with Crippen LogP contribution in [0.15, 0.2) is 0 Å². The first-order valence-electron chi connectivity index (χ1n) is 4.57. The standard InChI is InChI=1S/C9H20N2OS.ClH/c1-7(5-10-3)9(12)11-6-8(2)13-4;/h7-8,10H,5-6H2,1-4H3,(H,11,12);1H. The van der Waals surface area contributed by atoms with Crippen LogP contribution in [0.25, 0.3) is 0 Å². The van der Waals surface area contributed by atoms with Gasteiger partial charge in [-0.2, -0.15) is 11.8 Å². The third-order valence-electron chi connectivity index (χ3n) is 1.92. The van der Waals surface area contributed by atoms with E-state index in [1.54, 1.807) is 11.8 Å². The molecule has 2 unspecified atom stereocenters. The summed E-state index contributed by atoms with van der Waals surface area (Å²) in [5.41, 5.74) is 0. The fourth-order valence-corrected chi connectivity index (χ4v) is 1.15. The van der Waals surface area contributed by atoms with Gasteiger partial charge in [-0.05, 0) is 13.3 Å². The van der Waals surface area contributed by atoms with Gasteiger partial charge in [0.15, 0.2) is 0 Å². The summed E-state index contributed by atoms with van der Waals surface area (Å²) in [7, 11) is 1.86. The largest absolute Gasteiger partial charge is 0.355 e. The highest BCUT2D eigenvalue weighted by molar-refractivity contribution is 7.99. The first kappa shape index (κ1) is 16.5. The van der Waals surface area contributed by atoms with Crippen LogP contribution in [0.5, 0.6) is 0 Å². The van der Waals surface area contributed by atoms with E-state index >= 15 is 0 Å². The molecule has 5 heteroatoms. The summed E-state index contributed by atoms with van der Waals surface area (Å²) in [6.45, 7) is 5.52. The average molecular weight is 241 g/mol. The number of thioether (sulfide) groups is 1. The third-order valence-corrected chi connectivity index (χ3v) is 2.90. The molecule has 0 heterocycles. The number of carbonyl (C=O) groups is 1. The lowest BCUT2D eigenvalue weighted by atomic mass is 10.1. The molecule has 1 amide bonds. The van der Waals surface area contributed by atoms with Crippen molar-refractivity contribution in [3.8, 4) is 0 Å². The minimum atomic E-state index is 0. The number of rotatable bonds is 6. The molecule has 0 aromatic carbocycles. The van der Waals surface area contributed by atoms with E-state index in [1.165, 1.54) is 0 Å². The first-order chi connectivity index (χ1) is 6.11. The van der Waals surface area contributed by atoms with Gasteiger partial charge in [0.1, 0.15) is 0 Å². The smallest absolute Gasteiger partial charge is 0.224 e. The predicted octanol–water partition coefficient (Wildman–Crippen LogP) is 1.13. The summed E-state index contributed by atoms with van der Waals surface area (Å²) in [5, 5.41) is 6.39. The van der Waals surface area contributed by atoms with Crippen molar-refractivity contribution in [2.75, 3.05) is 26.4 Å². The molecule has 0 fully saturated rings. The van der Waals surface area contributed by atoms with Crippen LogP contribution in [0.1, 0.15) is 13.8 Å². The molecule has 14 heavy (non-hydrogen) atoms. The van der Waals surface area contributed by atoms with Crippen molar-refractivity contribution >= 4 is 30.1 Å². The fraction of sp³-hybridized carbons (Fsp3) is 0.889. The zero-order valence-corrected chi connectivity index (χ0v) is 10.9. The molecule has 0 radical (unpaired) electrons. The zero-order chi connectivity index (χ0) is 10.3. The Balaban J connectivity index is 0. The molecule has 0 aliphatic carbocycles. The van der Waals surface area contributed by atoms with Gasteiger partial charge in [0, 0.05) is 24.3 Å². The Hall–Kier alpha value is 0.0700. The van der Waals surface area contributed by atoms with E-state index in [0.29, 0.717) is 5.25 Å². The highest BCUT2D eigenvalue weighted by Gasteiger charge is 2.11. The van der Waals surface area contributed by atoms with Crippen LogP contribution >= 0.6 is 24.2 Å². The number of halogens is 1. The van der Waals surface area contributed by atoms with Gasteiger partial charge in [-0.3, -0.25) is 4.79 Å². The molecule has 0 aliphatic heterocycles. The monoisotopic (exact) mass is 240 g/mol. The summed E-state index contributed by atoms with van der Waals surface area (Å²) >= 11 is 1.76. The maximum atomic E-state index is 11.4. The normalized spacial score (nSPS) is 14.0. The van der Waals surface area contributed by atoms with E-state index in [2.05, 4.69) is 17.6 Å². The van der Waals surface area contributed by atoms with Crippen molar-refractivity contribution in [1.82, 2.24) is 10.6 Å². The van der Waals surface area contributed by atoms with Crippen molar-refractivity contribution in [1.29, 1.82) is 0 Å². The van der Waals surface area contributed by atoms with Crippen molar-refractivity contribution < 1.29 is 4.79 Å². The lowest BCUT2D eigenvalue weighted by Gasteiger charge is -2.13. The Bertz CT molecular complexity index is 158. The Kier molecular flexibility index (Phi) is 11.3. The topological polar surface area (TPSA) is 41.1 Å². The number of hydrogen-bond donors (Lipinski definition) is 2. The Morgan fingerprint density at radius 1 is 1.36 bits per heavy atom. The van der Waals surface area contributed by atoms with Gasteiger partial charge in [-0.15, -0.1) is 12.4 Å². The van der Waals surface area contributed by atoms with Gasteiger partial charge in [0.2, 0.25) is 5.91 Å². The van der Waals surface area contributed by atoms with Gasteiger partial charge in [0.05, 0.1) is 0 Å². The summed E-state index contributed by atoms with van der Waals surface area (Å²) in [4.78, 5) is 11.4. The van der Waals surface area contributed by atoms with E-state index < -0.39 is 0 Å². The molecule has 2 N–H and O–H groups in total. The predicted molar refractivity (Wildman–Crippen MR) is 66.3 cm³/mol. The van der Waals surface area contributed by atoms with Crippen LogP contribution in [0.2, 0.25) is 0 Å². The number of hydrogen-bond acceptors (Lipinski definition) is 3. The third kappa shape index (κ3) is 7.47. The van der Waals surface area contributed by atoms with Crippen molar-refractivity contribution in [3.63, 3.8) is 0 Å². The Morgan fingerprint density at radius 2 is 1.93 bits per heavy atom. The highest BCUT2D eigenvalue weighted by atomic mass is 35.5. The minimum absolute atomic E-state index is 0. The van der Waals surface area contributed by atoms with Gasteiger partial charge in [0.25, 0.3) is 0 Å². The maximum Gasteiger partial charge on any atom is 0.224 e. The second-order valence-electron chi connectivity index (χ2n) is 3.25. The van der Waals surface area contributed by atoms with Crippen molar-refractivity contribution in [2.24, 2.45) is 5.92 Å². The molecule has 0 aromatic heterocycles. The van der Waals surface area contributed by atoms with Gasteiger partial charge in [-0.25, -0.2) is 0 Å². The Morgan fingerprint density at radius 3 is 2.36 bits per heavy atom.